The molecule has 2 heteroatoms. The molecule has 1 rings (SSSR count). The minimum Gasteiger partial charge on any atom is -0.492 e. The van der Waals surface area contributed by atoms with Gasteiger partial charge in [0.15, 0.2) is 0 Å². The SMILES string of the molecule is CCCCCN(C)CCOc1ccc(C(C)(C)CC(C)(C)C)cc1. The van der Waals surface area contributed by atoms with Crippen LogP contribution in [0.3, 0.4) is 0 Å². The van der Waals surface area contributed by atoms with Crippen molar-refractivity contribution in [1.29, 1.82) is 0 Å². The highest BCUT2D eigenvalue weighted by molar-refractivity contribution is 5.31. The first kappa shape index (κ1) is 21.0. The minimum absolute atomic E-state index is 0.191. The zero-order valence-corrected chi connectivity index (χ0v) is 17.1. The van der Waals surface area contributed by atoms with Crippen molar-refractivity contribution >= 4 is 0 Å². The van der Waals surface area contributed by atoms with Crippen LogP contribution in [-0.2, 0) is 5.41 Å². The Morgan fingerprint density at radius 3 is 2.08 bits per heavy atom. The first-order valence-electron chi connectivity index (χ1n) is 9.56. The number of hydrogen-bond acceptors (Lipinski definition) is 2. The molecule has 1 aromatic rings. The third-order valence-electron chi connectivity index (χ3n) is 4.49. The highest BCUT2D eigenvalue weighted by atomic mass is 16.5. The molecule has 138 valence electrons. The summed E-state index contributed by atoms with van der Waals surface area (Å²) in [6.07, 6.45) is 5.05. The summed E-state index contributed by atoms with van der Waals surface area (Å²) >= 11 is 0. The Hall–Kier alpha value is -1.02. The predicted molar refractivity (Wildman–Crippen MR) is 106 cm³/mol. The molecule has 0 atom stereocenters. The molecule has 0 spiro atoms. The van der Waals surface area contributed by atoms with Crippen LogP contribution in [0.25, 0.3) is 0 Å². The monoisotopic (exact) mass is 333 g/mol. The number of benzene rings is 1. The average Bonchev–Trinajstić information content (AvgIpc) is 2.45. The second-order valence-electron chi connectivity index (χ2n) is 9.00. The van der Waals surface area contributed by atoms with Gasteiger partial charge in [-0.1, -0.05) is 66.5 Å². The number of likely N-dealkylation sites (N-methyl/N-ethyl adjacent to an activating group) is 1. The topological polar surface area (TPSA) is 12.5 Å². The maximum Gasteiger partial charge on any atom is 0.119 e. The zero-order valence-electron chi connectivity index (χ0n) is 17.1. The summed E-state index contributed by atoms with van der Waals surface area (Å²) in [5, 5.41) is 0. The molecule has 0 N–H and O–H groups in total. The van der Waals surface area contributed by atoms with Crippen LogP contribution in [0, 0.1) is 5.41 Å². The van der Waals surface area contributed by atoms with Gasteiger partial charge < -0.3 is 9.64 Å². The van der Waals surface area contributed by atoms with Crippen LogP contribution in [0.5, 0.6) is 5.75 Å². The molecule has 0 amide bonds. The maximum atomic E-state index is 5.91. The van der Waals surface area contributed by atoms with E-state index in [9.17, 15) is 0 Å². The summed E-state index contributed by atoms with van der Waals surface area (Å²) in [7, 11) is 2.18. The third kappa shape index (κ3) is 8.19. The van der Waals surface area contributed by atoms with E-state index in [-0.39, 0.29) is 5.41 Å². The normalized spacial score (nSPS) is 12.7. The van der Waals surface area contributed by atoms with E-state index in [1.165, 1.54) is 31.2 Å². The van der Waals surface area contributed by atoms with Crippen molar-refractivity contribution in [2.75, 3.05) is 26.7 Å². The molecule has 2 nitrogen and oxygen atoms in total. The molecular weight excluding hydrogens is 294 g/mol. The molecule has 0 radical (unpaired) electrons. The Morgan fingerprint density at radius 2 is 1.54 bits per heavy atom. The van der Waals surface area contributed by atoms with Crippen molar-refractivity contribution in [3.05, 3.63) is 29.8 Å². The van der Waals surface area contributed by atoms with Crippen LogP contribution in [0.1, 0.15) is 72.8 Å². The molecule has 0 aliphatic heterocycles. The number of ether oxygens (including phenoxy) is 1. The van der Waals surface area contributed by atoms with Gasteiger partial charge in [0, 0.05) is 6.54 Å². The third-order valence-corrected chi connectivity index (χ3v) is 4.49. The highest BCUT2D eigenvalue weighted by Gasteiger charge is 2.27. The summed E-state index contributed by atoms with van der Waals surface area (Å²) < 4.78 is 5.91. The fourth-order valence-corrected chi connectivity index (χ4v) is 3.49. The highest BCUT2D eigenvalue weighted by Crippen LogP contribution is 2.36. The van der Waals surface area contributed by atoms with Crippen molar-refractivity contribution in [1.82, 2.24) is 4.90 Å². The molecule has 0 saturated heterocycles. The van der Waals surface area contributed by atoms with E-state index in [1.807, 2.05) is 0 Å². The van der Waals surface area contributed by atoms with Gasteiger partial charge >= 0.3 is 0 Å². The van der Waals surface area contributed by atoms with Crippen LogP contribution in [0.2, 0.25) is 0 Å². The molecule has 0 heterocycles. The van der Waals surface area contributed by atoms with Crippen molar-refractivity contribution in [2.45, 2.75) is 72.6 Å². The molecule has 0 unspecified atom stereocenters. The minimum atomic E-state index is 0.191. The Labute approximate surface area is 150 Å². The lowest BCUT2D eigenvalue weighted by molar-refractivity contribution is 0.234. The summed E-state index contributed by atoms with van der Waals surface area (Å²) in [5.74, 6) is 0.979. The summed E-state index contributed by atoms with van der Waals surface area (Å²) in [6, 6.07) is 8.70. The first-order valence-corrected chi connectivity index (χ1v) is 9.56. The summed E-state index contributed by atoms with van der Waals surface area (Å²) in [6.45, 7) is 16.7. The van der Waals surface area contributed by atoms with E-state index in [4.69, 9.17) is 4.74 Å². The van der Waals surface area contributed by atoms with Crippen LogP contribution in [0.15, 0.2) is 24.3 Å². The maximum absolute atomic E-state index is 5.91. The second-order valence-corrected chi connectivity index (χ2v) is 9.00. The number of hydrogen-bond donors (Lipinski definition) is 0. The lowest BCUT2D eigenvalue weighted by Crippen LogP contribution is -2.25. The van der Waals surface area contributed by atoms with E-state index in [1.54, 1.807) is 0 Å². The lowest BCUT2D eigenvalue weighted by atomic mass is 9.72. The molecule has 0 saturated carbocycles. The van der Waals surface area contributed by atoms with Crippen LogP contribution >= 0.6 is 0 Å². The lowest BCUT2D eigenvalue weighted by Gasteiger charge is -2.33. The number of unbranched alkanes of at least 4 members (excludes halogenated alkanes) is 2. The fourth-order valence-electron chi connectivity index (χ4n) is 3.49. The largest absolute Gasteiger partial charge is 0.492 e. The molecule has 0 bridgehead atoms. The van der Waals surface area contributed by atoms with Crippen molar-refractivity contribution < 1.29 is 4.74 Å². The van der Waals surface area contributed by atoms with Gasteiger partial charge in [-0.3, -0.25) is 0 Å². The molecule has 24 heavy (non-hydrogen) atoms. The van der Waals surface area contributed by atoms with Crippen molar-refractivity contribution in [2.24, 2.45) is 5.41 Å². The molecular formula is C22H39NO. The molecule has 1 aromatic carbocycles. The van der Waals surface area contributed by atoms with Gasteiger partial charge in [-0.2, -0.15) is 0 Å². The standard InChI is InChI=1S/C22H39NO/c1-8-9-10-15-23(7)16-17-24-20-13-11-19(12-14-20)22(5,6)18-21(2,3)4/h11-14H,8-10,15-18H2,1-7H3. The zero-order chi connectivity index (χ0) is 18.2. The van der Waals surface area contributed by atoms with E-state index in [0.29, 0.717) is 5.41 Å². The van der Waals surface area contributed by atoms with E-state index >= 15 is 0 Å². The van der Waals surface area contributed by atoms with Crippen molar-refractivity contribution in [3.63, 3.8) is 0 Å². The predicted octanol–water partition coefficient (Wildman–Crippen LogP) is 5.90. The van der Waals surface area contributed by atoms with Gasteiger partial charge in [0.25, 0.3) is 0 Å². The molecule has 0 aliphatic carbocycles. The van der Waals surface area contributed by atoms with Crippen LogP contribution in [0.4, 0.5) is 0 Å². The molecule has 0 aromatic heterocycles. The van der Waals surface area contributed by atoms with E-state index in [0.717, 1.165) is 25.4 Å². The van der Waals surface area contributed by atoms with Crippen LogP contribution in [-0.4, -0.2) is 31.6 Å². The number of nitrogens with zero attached hydrogens (tertiary/aromatic N) is 1. The summed E-state index contributed by atoms with van der Waals surface area (Å²) in [5.41, 5.74) is 1.92. The van der Waals surface area contributed by atoms with Gasteiger partial charge in [0.1, 0.15) is 12.4 Å². The Morgan fingerprint density at radius 1 is 0.917 bits per heavy atom. The molecule has 0 aliphatic rings. The summed E-state index contributed by atoms with van der Waals surface area (Å²) in [4.78, 5) is 2.36. The fraction of sp³-hybridized carbons (Fsp3) is 0.727. The average molecular weight is 334 g/mol. The van der Waals surface area contributed by atoms with E-state index < -0.39 is 0 Å². The Bertz CT molecular complexity index is 456. The van der Waals surface area contributed by atoms with Gasteiger partial charge in [-0.25, -0.2) is 0 Å². The quantitative estimate of drug-likeness (QED) is 0.494. The van der Waals surface area contributed by atoms with E-state index in [2.05, 4.69) is 77.8 Å². The second kappa shape index (κ2) is 9.46. The van der Waals surface area contributed by atoms with Gasteiger partial charge in [-0.15, -0.1) is 0 Å². The smallest absolute Gasteiger partial charge is 0.119 e. The van der Waals surface area contributed by atoms with Gasteiger partial charge in [0.05, 0.1) is 0 Å². The number of rotatable bonds is 10. The van der Waals surface area contributed by atoms with Gasteiger partial charge in [-0.05, 0) is 55.0 Å². The van der Waals surface area contributed by atoms with Gasteiger partial charge in [0.2, 0.25) is 0 Å². The molecule has 0 fully saturated rings. The van der Waals surface area contributed by atoms with Crippen molar-refractivity contribution in [3.8, 4) is 5.75 Å². The van der Waals surface area contributed by atoms with Crippen LogP contribution < -0.4 is 4.74 Å². The first-order chi connectivity index (χ1) is 11.1. The Balaban J connectivity index is 2.45. The Kier molecular flexibility index (Phi) is 8.29.